The Morgan fingerprint density at radius 1 is 1.07 bits per heavy atom. The highest BCUT2D eigenvalue weighted by Gasteiger charge is 2.56. The third kappa shape index (κ3) is 3.18. The van der Waals surface area contributed by atoms with Gasteiger partial charge in [0, 0.05) is 18.5 Å². The number of benzene rings is 1. The van der Waals surface area contributed by atoms with Crippen molar-refractivity contribution in [2.45, 2.75) is 57.8 Å². The second kappa shape index (κ2) is 6.83. The predicted octanol–water partition coefficient (Wildman–Crippen LogP) is 4.19. The van der Waals surface area contributed by atoms with Crippen molar-refractivity contribution < 1.29 is 14.3 Å². The van der Waals surface area contributed by atoms with Gasteiger partial charge in [-0.2, -0.15) is 0 Å². The summed E-state index contributed by atoms with van der Waals surface area (Å²) in [5.41, 5.74) is 0.636. The monoisotopic (exact) mass is 385 g/mol. The number of carbonyl (C=O) groups excluding carboxylic acids is 1. The summed E-state index contributed by atoms with van der Waals surface area (Å²) in [6.45, 7) is 1.54. The lowest BCUT2D eigenvalue weighted by Gasteiger charge is -2.57. The van der Waals surface area contributed by atoms with Crippen molar-refractivity contribution in [2.75, 3.05) is 19.7 Å². The second-order valence-electron chi connectivity index (χ2n) is 10.5. The van der Waals surface area contributed by atoms with Crippen LogP contribution < -0.4 is 0 Å². The number of rotatable bonds is 4. The predicted molar refractivity (Wildman–Crippen MR) is 106 cm³/mol. The van der Waals surface area contributed by atoms with Crippen LogP contribution in [0, 0.1) is 34.4 Å². The minimum absolute atomic E-state index is 0.0784. The van der Waals surface area contributed by atoms with E-state index in [0.717, 1.165) is 62.0 Å². The lowest BCUT2D eigenvalue weighted by Crippen LogP contribution is -2.58. The van der Waals surface area contributed by atoms with E-state index in [2.05, 4.69) is 4.90 Å². The van der Waals surface area contributed by atoms with Crippen LogP contribution in [0.15, 0.2) is 24.3 Å². The maximum absolute atomic E-state index is 13.7. The van der Waals surface area contributed by atoms with E-state index in [-0.39, 0.29) is 23.3 Å². The highest BCUT2D eigenvalue weighted by molar-refractivity contribution is 5.83. The molecular weight excluding hydrogens is 353 g/mol. The molecule has 3 nitrogen and oxygen atoms in total. The van der Waals surface area contributed by atoms with E-state index in [0.29, 0.717) is 18.9 Å². The number of carbonyl (C=O) groups is 1. The molecule has 4 heteroatoms. The van der Waals surface area contributed by atoms with Gasteiger partial charge in [0.05, 0.1) is 12.0 Å². The minimum Gasteiger partial charge on any atom is -0.396 e. The van der Waals surface area contributed by atoms with Gasteiger partial charge in [0.15, 0.2) is 0 Å². The molecule has 1 aromatic carbocycles. The Kier molecular flexibility index (Phi) is 4.53. The molecule has 1 saturated heterocycles. The molecule has 0 spiro atoms. The quantitative estimate of drug-likeness (QED) is 0.844. The summed E-state index contributed by atoms with van der Waals surface area (Å²) in [4.78, 5) is 15.8. The summed E-state index contributed by atoms with van der Waals surface area (Å²) in [7, 11) is 0. The van der Waals surface area contributed by atoms with E-state index in [1.165, 1.54) is 31.4 Å². The molecule has 1 aromatic rings. The Bertz CT molecular complexity index is 710. The van der Waals surface area contributed by atoms with Crippen LogP contribution >= 0.6 is 0 Å². The Balaban J connectivity index is 1.34. The lowest BCUT2D eigenvalue weighted by molar-refractivity contribution is -0.161. The molecule has 5 fully saturated rings. The number of amides is 1. The molecule has 1 N–H and O–H groups in total. The minimum atomic E-state index is -0.298. The molecule has 1 unspecified atom stereocenters. The van der Waals surface area contributed by atoms with Gasteiger partial charge in [-0.05, 0) is 93.2 Å². The normalized spacial score (nSPS) is 39.4. The van der Waals surface area contributed by atoms with Crippen LogP contribution in [0.2, 0.25) is 0 Å². The number of piperidine rings is 1. The first-order valence-corrected chi connectivity index (χ1v) is 11.1. The molecular formula is C24H32FNO2. The third-order valence-corrected chi connectivity index (χ3v) is 8.27. The van der Waals surface area contributed by atoms with Gasteiger partial charge in [0.2, 0.25) is 5.91 Å². The molecule has 0 aromatic heterocycles. The van der Waals surface area contributed by atoms with E-state index in [1.54, 1.807) is 0 Å². The van der Waals surface area contributed by atoms with E-state index >= 15 is 0 Å². The standard InChI is InChI=1S/C24H32FNO2/c25-21-4-2-17(3-5-21)11-23(16-27)6-1-7-26(15-23)22(28)24-12-18-8-19(13-24)10-20(9-18)14-24/h2-5,18-20,27H,1,6-16H2. The fourth-order valence-electron chi connectivity index (χ4n) is 7.45. The first kappa shape index (κ1) is 18.6. The Morgan fingerprint density at radius 3 is 2.25 bits per heavy atom. The van der Waals surface area contributed by atoms with E-state index in [1.807, 2.05) is 12.1 Å². The number of hydrogen-bond donors (Lipinski definition) is 1. The lowest BCUT2D eigenvalue weighted by atomic mass is 9.49. The van der Waals surface area contributed by atoms with Crippen molar-refractivity contribution in [1.82, 2.24) is 4.90 Å². The van der Waals surface area contributed by atoms with E-state index < -0.39 is 0 Å². The van der Waals surface area contributed by atoms with Gasteiger partial charge in [-0.3, -0.25) is 4.79 Å². The fraction of sp³-hybridized carbons (Fsp3) is 0.708. The highest BCUT2D eigenvalue weighted by atomic mass is 19.1. The molecule has 152 valence electrons. The molecule has 4 bridgehead atoms. The van der Waals surface area contributed by atoms with Gasteiger partial charge in [0.25, 0.3) is 0 Å². The molecule has 1 amide bonds. The number of aliphatic hydroxyl groups excluding tert-OH is 1. The Labute approximate surface area is 167 Å². The zero-order valence-corrected chi connectivity index (χ0v) is 16.7. The molecule has 1 aliphatic heterocycles. The number of aliphatic hydroxyl groups is 1. The highest BCUT2D eigenvalue weighted by Crippen LogP contribution is 2.60. The van der Waals surface area contributed by atoms with Crippen LogP contribution in [-0.2, 0) is 11.2 Å². The van der Waals surface area contributed by atoms with Crippen molar-refractivity contribution in [3.05, 3.63) is 35.6 Å². The topological polar surface area (TPSA) is 40.5 Å². The average Bonchev–Trinajstić information content (AvgIpc) is 2.68. The first-order valence-electron chi connectivity index (χ1n) is 11.1. The van der Waals surface area contributed by atoms with Crippen molar-refractivity contribution in [1.29, 1.82) is 0 Å². The average molecular weight is 386 g/mol. The van der Waals surface area contributed by atoms with Crippen LogP contribution in [0.4, 0.5) is 4.39 Å². The molecule has 28 heavy (non-hydrogen) atoms. The van der Waals surface area contributed by atoms with Gasteiger partial charge in [-0.15, -0.1) is 0 Å². The van der Waals surface area contributed by atoms with E-state index in [9.17, 15) is 14.3 Å². The summed E-state index contributed by atoms with van der Waals surface area (Å²) < 4.78 is 13.3. The van der Waals surface area contributed by atoms with Crippen molar-refractivity contribution in [2.24, 2.45) is 28.6 Å². The summed E-state index contributed by atoms with van der Waals surface area (Å²) in [6, 6.07) is 6.60. The number of hydrogen-bond acceptors (Lipinski definition) is 2. The second-order valence-corrected chi connectivity index (χ2v) is 10.5. The van der Waals surface area contributed by atoms with Gasteiger partial charge in [-0.1, -0.05) is 12.1 Å². The third-order valence-electron chi connectivity index (χ3n) is 8.27. The van der Waals surface area contributed by atoms with Crippen LogP contribution in [0.1, 0.15) is 56.9 Å². The van der Waals surface area contributed by atoms with E-state index in [4.69, 9.17) is 0 Å². The van der Waals surface area contributed by atoms with Gasteiger partial charge >= 0.3 is 0 Å². The Morgan fingerprint density at radius 2 is 1.68 bits per heavy atom. The smallest absolute Gasteiger partial charge is 0.228 e. The van der Waals surface area contributed by atoms with Crippen LogP contribution in [-0.4, -0.2) is 35.6 Å². The van der Waals surface area contributed by atoms with Crippen molar-refractivity contribution >= 4 is 5.91 Å². The zero-order chi connectivity index (χ0) is 19.4. The van der Waals surface area contributed by atoms with Crippen molar-refractivity contribution in [3.8, 4) is 0 Å². The molecule has 1 heterocycles. The molecule has 0 radical (unpaired) electrons. The zero-order valence-electron chi connectivity index (χ0n) is 16.7. The molecule has 1 atom stereocenters. The van der Waals surface area contributed by atoms with Crippen LogP contribution in [0.5, 0.6) is 0 Å². The van der Waals surface area contributed by atoms with Gasteiger partial charge in [-0.25, -0.2) is 4.39 Å². The molecule has 4 aliphatic carbocycles. The number of likely N-dealkylation sites (tertiary alicyclic amines) is 1. The Hall–Kier alpha value is -1.42. The van der Waals surface area contributed by atoms with Gasteiger partial charge in [0.1, 0.15) is 5.82 Å². The number of nitrogens with zero attached hydrogens (tertiary/aromatic N) is 1. The summed E-state index contributed by atoms with van der Waals surface area (Å²) in [5, 5.41) is 10.3. The molecule has 5 aliphatic rings. The largest absolute Gasteiger partial charge is 0.396 e. The molecule has 4 saturated carbocycles. The SMILES string of the molecule is O=C(N1CCCC(CO)(Cc2ccc(F)cc2)C1)C12CC3CC(CC(C3)C1)C2. The van der Waals surface area contributed by atoms with Crippen LogP contribution in [0.25, 0.3) is 0 Å². The summed E-state index contributed by atoms with van der Waals surface area (Å²) in [6.07, 6.45) is 9.89. The first-order chi connectivity index (χ1) is 13.5. The number of halogens is 1. The van der Waals surface area contributed by atoms with Gasteiger partial charge < -0.3 is 10.0 Å². The fourth-order valence-corrected chi connectivity index (χ4v) is 7.45. The summed E-state index contributed by atoms with van der Waals surface area (Å²) >= 11 is 0. The summed E-state index contributed by atoms with van der Waals surface area (Å²) in [5.74, 6) is 2.44. The maximum atomic E-state index is 13.7. The molecule has 6 rings (SSSR count). The van der Waals surface area contributed by atoms with Crippen LogP contribution in [0.3, 0.4) is 0 Å². The maximum Gasteiger partial charge on any atom is 0.228 e. The van der Waals surface area contributed by atoms with Crippen molar-refractivity contribution in [3.63, 3.8) is 0 Å².